The Balaban J connectivity index is 2.43. The van der Waals surface area contributed by atoms with Crippen molar-refractivity contribution in [3.05, 3.63) is 27.9 Å². The zero-order chi connectivity index (χ0) is 16.5. The van der Waals surface area contributed by atoms with Crippen LogP contribution in [0.15, 0.2) is 27.9 Å². The first-order valence-corrected chi connectivity index (χ1v) is 9.72. The van der Waals surface area contributed by atoms with Gasteiger partial charge in [-0.15, -0.1) is 0 Å². The Kier molecular flexibility index (Phi) is 5.09. The van der Waals surface area contributed by atoms with Gasteiger partial charge in [0.25, 0.3) is 0 Å². The molecule has 0 fully saturated rings. The lowest BCUT2D eigenvalue weighted by atomic mass is 10.1. The molecule has 1 N–H and O–H groups in total. The molecule has 0 unspecified atom stereocenters. The molecule has 2 aromatic rings. The summed E-state index contributed by atoms with van der Waals surface area (Å²) >= 11 is 1.09. The Bertz CT molecular complexity index is 819. The van der Waals surface area contributed by atoms with E-state index in [0.717, 1.165) is 23.3 Å². The molecular weight excluding hydrogens is 320 g/mol. The molecule has 5 nitrogen and oxygen atoms in total. The van der Waals surface area contributed by atoms with Crippen LogP contribution >= 0.6 is 11.3 Å². The minimum Gasteiger partial charge on any atom is -0.299 e. The van der Waals surface area contributed by atoms with Gasteiger partial charge in [0.05, 0.1) is 15.1 Å². The minimum absolute atomic E-state index is 0.0464. The third-order valence-corrected chi connectivity index (χ3v) is 6.24. The molecule has 0 spiro atoms. The molecule has 0 aliphatic heterocycles. The molecule has 0 saturated heterocycles. The van der Waals surface area contributed by atoms with Crippen molar-refractivity contribution in [2.45, 2.75) is 51.6 Å². The van der Waals surface area contributed by atoms with Crippen LogP contribution in [-0.2, 0) is 16.6 Å². The zero-order valence-corrected chi connectivity index (χ0v) is 14.9. The Labute approximate surface area is 135 Å². The number of rotatable bonds is 6. The molecule has 22 heavy (non-hydrogen) atoms. The predicted octanol–water partition coefficient (Wildman–Crippen LogP) is 2.80. The second-order valence-electron chi connectivity index (χ2n) is 5.80. The van der Waals surface area contributed by atoms with Crippen molar-refractivity contribution in [1.82, 2.24) is 9.29 Å². The number of thiazole rings is 1. The maximum atomic E-state index is 12.4. The highest BCUT2D eigenvalue weighted by molar-refractivity contribution is 7.89. The van der Waals surface area contributed by atoms with Crippen molar-refractivity contribution in [2.75, 3.05) is 0 Å². The molecule has 1 aromatic heterocycles. The van der Waals surface area contributed by atoms with E-state index in [1.165, 1.54) is 0 Å². The van der Waals surface area contributed by atoms with Crippen LogP contribution in [0.5, 0.6) is 0 Å². The van der Waals surface area contributed by atoms with Gasteiger partial charge in [-0.3, -0.25) is 9.36 Å². The van der Waals surface area contributed by atoms with Gasteiger partial charge in [0, 0.05) is 12.6 Å². The Morgan fingerprint density at radius 2 is 1.95 bits per heavy atom. The number of aryl methyl sites for hydroxylation is 1. The van der Waals surface area contributed by atoms with E-state index in [0.29, 0.717) is 11.2 Å². The summed E-state index contributed by atoms with van der Waals surface area (Å²) in [6.45, 7) is 8.43. The highest BCUT2D eigenvalue weighted by Crippen LogP contribution is 2.22. The number of aromatic nitrogens is 1. The van der Waals surface area contributed by atoms with Crippen LogP contribution in [0.4, 0.5) is 0 Å². The van der Waals surface area contributed by atoms with E-state index in [-0.39, 0.29) is 21.7 Å². The molecule has 0 saturated carbocycles. The normalized spacial score (nSPS) is 13.9. The van der Waals surface area contributed by atoms with Crippen molar-refractivity contribution in [1.29, 1.82) is 0 Å². The average molecular weight is 342 g/mol. The zero-order valence-electron chi connectivity index (χ0n) is 13.3. The molecule has 1 atom stereocenters. The van der Waals surface area contributed by atoms with Crippen molar-refractivity contribution in [3.63, 3.8) is 0 Å². The van der Waals surface area contributed by atoms with Crippen molar-refractivity contribution in [2.24, 2.45) is 5.92 Å². The molecule has 1 heterocycles. The van der Waals surface area contributed by atoms with E-state index >= 15 is 0 Å². The van der Waals surface area contributed by atoms with Crippen LogP contribution in [0.1, 0.15) is 34.1 Å². The summed E-state index contributed by atoms with van der Waals surface area (Å²) in [5.74, 6) is 0.209. The van der Waals surface area contributed by atoms with Gasteiger partial charge in [-0.1, -0.05) is 32.1 Å². The lowest BCUT2D eigenvalue weighted by Crippen LogP contribution is -2.36. The molecule has 0 amide bonds. The molecule has 0 radical (unpaired) electrons. The van der Waals surface area contributed by atoms with E-state index in [1.54, 1.807) is 22.8 Å². The summed E-state index contributed by atoms with van der Waals surface area (Å²) in [6, 6.07) is 4.72. The standard InChI is InChI=1S/C15H22N2O3S2/c1-5-8-17-13-7-6-12(9-14(13)21-15(17)18)22(19,20)16-11(4)10(2)3/h6-7,9-11,16H,5,8H2,1-4H3/t11-/m1/s1. The van der Waals surface area contributed by atoms with Crippen LogP contribution in [0.3, 0.4) is 0 Å². The van der Waals surface area contributed by atoms with Gasteiger partial charge in [0.15, 0.2) is 0 Å². The molecule has 7 heteroatoms. The quantitative estimate of drug-likeness (QED) is 0.878. The monoisotopic (exact) mass is 342 g/mol. The van der Waals surface area contributed by atoms with Gasteiger partial charge in [0.2, 0.25) is 10.0 Å². The van der Waals surface area contributed by atoms with Gasteiger partial charge in [-0.05, 0) is 37.5 Å². The van der Waals surface area contributed by atoms with E-state index in [4.69, 9.17) is 0 Å². The largest absolute Gasteiger partial charge is 0.308 e. The predicted molar refractivity (Wildman–Crippen MR) is 91.0 cm³/mol. The topological polar surface area (TPSA) is 68.2 Å². The second-order valence-corrected chi connectivity index (χ2v) is 8.51. The van der Waals surface area contributed by atoms with Gasteiger partial charge in [0.1, 0.15) is 0 Å². The number of nitrogens with one attached hydrogen (secondary N) is 1. The minimum atomic E-state index is -3.57. The fourth-order valence-corrected chi connectivity index (χ4v) is 4.55. The summed E-state index contributed by atoms with van der Waals surface area (Å²) in [6.07, 6.45) is 0.860. The molecule has 2 rings (SSSR count). The fourth-order valence-electron chi connectivity index (χ4n) is 2.10. The van der Waals surface area contributed by atoms with Crippen LogP contribution in [-0.4, -0.2) is 19.0 Å². The number of hydrogen-bond acceptors (Lipinski definition) is 4. The lowest BCUT2D eigenvalue weighted by Gasteiger charge is -2.17. The highest BCUT2D eigenvalue weighted by Gasteiger charge is 2.20. The third-order valence-electron chi connectivity index (χ3n) is 3.74. The van der Waals surface area contributed by atoms with E-state index in [2.05, 4.69) is 4.72 Å². The molecule has 0 aliphatic rings. The van der Waals surface area contributed by atoms with Crippen LogP contribution in [0.2, 0.25) is 0 Å². The molecule has 122 valence electrons. The molecular formula is C15H22N2O3S2. The summed E-state index contributed by atoms with van der Waals surface area (Å²) in [4.78, 5) is 12.1. The maximum absolute atomic E-state index is 12.4. The van der Waals surface area contributed by atoms with Crippen molar-refractivity contribution >= 4 is 31.6 Å². The van der Waals surface area contributed by atoms with Gasteiger partial charge in [-0.2, -0.15) is 0 Å². The molecule has 0 aliphatic carbocycles. The maximum Gasteiger partial charge on any atom is 0.308 e. The van der Waals surface area contributed by atoms with E-state index < -0.39 is 10.0 Å². The number of sulfonamides is 1. The number of benzene rings is 1. The average Bonchev–Trinajstić information content (AvgIpc) is 2.74. The van der Waals surface area contributed by atoms with Gasteiger partial charge >= 0.3 is 4.87 Å². The molecule has 1 aromatic carbocycles. The molecule has 0 bridgehead atoms. The summed E-state index contributed by atoms with van der Waals surface area (Å²) < 4.78 is 29.9. The van der Waals surface area contributed by atoms with Crippen LogP contribution < -0.4 is 9.60 Å². The summed E-state index contributed by atoms with van der Waals surface area (Å²) in [7, 11) is -3.57. The van der Waals surface area contributed by atoms with E-state index in [1.807, 2.05) is 27.7 Å². The Hall–Kier alpha value is -1.18. The SMILES string of the molecule is CCCn1c(=O)sc2cc(S(=O)(=O)N[C@H](C)C(C)C)ccc21. The fraction of sp³-hybridized carbons (Fsp3) is 0.533. The number of fused-ring (bicyclic) bond motifs is 1. The highest BCUT2D eigenvalue weighted by atomic mass is 32.2. The van der Waals surface area contributed by atoms with E-state index in [9.17, 15) is 13.2 Å². The van der Waals surface area contributed by atoms with Crippen LogP contribution in [0, 0.1) is 5.92 Å². The van der Waals surface area contributed by atoms with Gasteiger partial charge < -0.3 is 0 Å². The number of nitrogens with zero attached hydrogens (tertiary/aromatic N) is 1. The first-order valence-electron chi connectivity index (χ1n) is 7.42. The third kappa shape index (κ3) is 3.42. The lowest BCUT2D eigenvalue weighted by molar-refractivity contribution is 0.476. The summed E-state index contributed by atoms with van der Waals surface area (Å²) in [5, 5.41) is 0. The smallest absolute Gasteiger partial charge is 0.299 e. The van der Waals surface area contributed by atoms with Gasteiger partial charge in [-0.25, -0.2) is 13.1 Å². The van der Waals surface area contributed by atoms with Crippen molar-refractivity contribution in [3.8, 4) is 0 Å². The number of hydrogen-bond donors (Lipinski definition) is 1. The first-order chi connectivity index (χ1) is 10.3. The van der Waals surface area contributed by atoms with Crippen LogP contribution in [0.25, 0.3) is 10.2 Å². The Morgan fingerprint density at radius 3 is 2.55 bits per heavy atom. The Morgan fingerprint density at radius 1 is 1.27 bits per heavy atom. The second kappa shape index (κ2) is 6.52. The van der Waals surface area contributed by atoms with Crippen molar-refractivity contribution < 1.29 is 8.42 Å². The first kappa shape index (κ1) is 17.2. The summed E-state index contributed by atoms with van der Waals surface area (Å²) in [5.41, 5.74) is 0.799.